The number of para-hydroxylation sites is 1. The maximum atomic E-state index is 14.4. The fourth-order valence-electron chi connectivity index (χ4n) is 3.31. The van der Waals surface area contributed by atoms with Crippen molar-refractivity contribution in [2.75, 3.05) is 17.3 Å². The van der Waals surface area contributed by atoms with E-state index in [0.29, 0.717) is 28.0 Å². The van der Waals surface area contributed by atoms with Crippen LogP contribution in [-0.2, 0) is 9.59 Å². The van der Waals surface area contributed by atoms with Gasteiger partial charge in [-0.25, -0.2) is 18.1 Å². The van der Waals surface area contributed by atoms with E-state index in [4.69, 9.17) is 4.74 Å². The van der Waals surface area contributed by atoms with E-state index in [1.54, 1.807) is 24.3 Å². The molecule has 0 bridgehead atoms. The Morgan fingerprint density at radius 2 is 1.52 bits per heavy atom. The van der Waals surface area contributed by atoms with Crippen LogP contribution in [0.4, 0.5) is 24.5 Å². The Labute approximate surface area is 175 Å². The third-order valence-corrected chi connectivity index (χ3v) is 4.72. The molecule has 3 aromatic rings. The molecule has 0 aromatic heterocycles. The van der Waals surface area contributed by atoms with Crippen LogP contribution in [0.1, 0.15) is 5.56 Å². The van der Waals surface area contributed by atoms with Gasteiger partial charge in [0.25, 0.3) is 11.8 Å². The molecule has 0 aliphatic carbocycles. The number of hydrogen-bond acceptors (Lipinski definition) is 4. The van der Waals surface area contributed by atoms with E-state index in [1.165, 1.54) is 31.4 Å². The third-order valence-electron chi connectivity index (χ3n) is 4.72. The minimum atomic E-state index is -1.07. The van der Waals surface area contributed by atoms with Crippen LogP contribution in [0.25, 0.3) is 5.57 Å². The molecule has 3 aromatic carbocycles. The van der Waals surface area contributed by atoms with Gasteiger partial charge in [0, 0.05) is 17.3 Å². The minimum absolute atomic E-state index is 0.0597. The molecule has 1 N–H and O–H groups in total. The summed E-state index contributed by atoms with van der Waals surface area (Å²) in [7, 11) is 1.41. The zero-order valence-corrected chi connectivity index (χ0v) is 16.2. The second-order valence-corrected chi connectivity index (χ2v) is 6.62. The standard InChI is InChI=1S/C23H15F3N2O3/c1-31-19-5-3-2-4-16(19)20-21(27-15-9-6-13(24)7-10-15)23(30)28(22(20)29)18-11-8-14(25)12-17(18)26/h2-12,27H,1H3. The fourth-order valence-corrected chi connectivity index (χ4v) is 3.31. The molecular weight excluding hydrogens is 409 g/mol. The molecule has 156 valence electrons. The van der Waals surface area contributed by atoms with Crippen molar-refractivity contribution in [3.63, 3.8) is 0 Å². The topological polar surface area (TPSA) is 58.6 Å². The summed E-state index contributed by atoms with van der Waals surface area (Å²) in [4.78, 5) is 27.2. The second kappa shape index (κ2) is 7.98. The van der Waals surface area contributed by atoms with Crippen molar-refractivity contribution in [1.29, 1.82) is 0 Å². The number of halogens is 3. The molecule has 0 saturated carbocycles. The molecule has 8 heteroatoms. The van der Waals surface area contributed by atoms with Gasteiger partial charge >= 0.3 is 0 Å². The van der Waals surface area contributed by atoms with Crippen LogP contribution in [0.15, 0.2) is 72.4 Å². The Bertz CT molecular complexity index is 1220. The highest BCUT2D eigenvalue weighted by Crippen LogP contribution is 2.38. The lowest BCUT2D eigenvalue weighted by Gasteiger charge is -2.16. The van der Waals surface area contributed by atoms with Crippen molar-refractivity contribution >= 4 is 28.8 Å². The lowest BCUT2D eigenvalue weighted by atomic mass is 10.0. The number of rotatable bonds is 5. The average Bonchev–Trinajstić information content (AvgIpc) is 2.99. The highest BCUT2D eigenvalue weighted by Gasteiger charge is 2.42. The molecule has 1 heterocycles. The molecule has 2 amide bonds. The van der Waals surface area contributed by atoms with E-state index in [9.17, 15) is 22.8 Å². The van der Waals surface area contributed by atoms with Crippen molar-refractivity contribution in [1.82, 2.24) is 0 Å². The van der Waals surface area contributed by atoms with Gasteiger partial charge in [-0.3, -0.25) is 9.59 Å². The molecule has 1 aliphatic heterocycles. The average molecular weight is 424 g/mol. The first-order valence-electron chi connectivity index (χ1n) is 9.15. The molecular formula is C23H15F3N2O3. The monoisotopic (exact) mass is 424 g/mol. The predicted molar refractivity (Wildman–Crippen MR) is 109 cm³/mol. The fraction of sp³-hybridized carbons (Fsp3) is 0.0435. The van der Waals surface area contributed by atoms with Gasteiger partial charge in [-0.1, -0.05) is 18.2 Å². The van der Waals surface area contributed by atoms with E-state index in [-0.39, 0.29) is 17.0 Å². The molecule has 0 fully saturated rings. The quantitative estimate of drug-likeness (QED) is 0.613. The first-order chi connectivity index (χ1) is 14.9. The Morgan fingerprint density at radius 3 is 2.19 bits per heavy atom. The molecule has 1 aliphatic rings. The smallest absolute Gasteiger partial charge is 0.282 e. The van der Waals surface area contributed by atoms with Gasteiger partial charge in [0.1, 0.15) is 28.9 Å². The number of hydrogen-bond donors (Lipinski definition) is 1. The summed E-state index contributed by atoms with van der Waals surface area (Å²) in [5.41, 5.74) is 0.0457. The molecule has 0 saturated heterocycles. The molecule has 0 radical (unpaired) electrons. The van der Waals surface area contributed by atoms with Gasteiger partial charge < -0.3 is 10.1 Å². The number of ether oxygens (including phenoxy) is 1. The summed E-state index contributed by atoms with van der Waals surface area (Å²) in [5.74, 6) is -3.73. The Morgan fingerprint density at radius 1 is 0.839 bits per heavy atom. The van der Waals surface area contributed by atoms with Gasteiger partial charge in [0.15, 0.2) is 0 Å². The number of anilines is 2. The summed E-state index contributed by atoms with van der Waals surface area (Å²) in [5, 5.41) is 2.83. The highest BCUT2D eigenvalue weighted by atomic mass is 19.1. The van der Waals surface area contributed by atoms with Gasteiger partial charge in [-0.15, -0.1) is 0 Å². The molecule has 0 atom stereocenters. The molecule has 5 nitrogen and oxygen atoms in total. The molecule has 0 spiro atoms. The second-order valence-electron chi connectivity index (χ2n) is 6.62. The Balaban J connectivity index is 1.87. The van der Waals surface area contributed by atoms with E-state index in [0.717, 1.165) is 12.1 Å². The van der Waals surface area contributed by atoms with Crippen LogP contribution in [-0.4, -0.2) is 18.9 Å². The van der Waals surface area contributed by atoms with Crippen LogP contribution >= 0.6 is 0 Å². The van der Waals surface area contributed by atoms with Gasteiger partial charge in [-0.2, -0.15) is 0 Å². The van der Waals surface area contributed by atoms with E-state index in [2.05, 4.69) is 5.32 Å². The van der Waals surface area contributed by atoms with Crippen LogP contribution in [0.2, 0.25) is 0 Å². The number of nitrogens with one attached hydrogen (secondary N) is 1. The number of carbonyl (C=O) groups excluding carboxylic acids is 2. The van der Waals surface area contributed by atoms with Crippen molar-refractivity contribution in [3.05, 3.63) is 95.4 Å². The van der Waals surface area contributed by atoms with Crippen LogP contribution < -0.4 is 15.0 Å². The Hall–Kier alpha value is -4.07. The lowest BCUT2D eigenvalue weighted by molar-refractivity contribution is -0.120. The number of nitrogens with zero attached hydrogens (tertiary/aromatic N) is 1. The minimum Gasteiger partial charge on any atom is -0.496 e. The van der Waals surface area contributed by atoms with Crippen molar-refractivity contribution in [2.45, 2.75) is 0 Å². The molecule has 31 heavy (non-hydrogen) atoms. The summed E-state index contributed by atoms with van der Waals surface area (Å²) in [6, 6.07) is 14.2. The maximum Gasteiger partial charge on any atom is 0.282 e. The molecule has 0 unspecified atom stereocenters. The van der Waals surface area contributed by atoms with E-state index < -0.39 is 29.3 Å². The number of amides is 2. The summed E-state index contributed by atoms with van der Waals surface area (Å²) in [6.07, 6.45) is 0. The van der Waals surface area contributed by atoms with Crippen LogP contribution in [0, 0.1) is 17.5 Å². The number of benzene rings is 3. The zero-order chi connectivity index (χ0) is 22.1. The highest BCUT2D eigenvalue weighted by molar-refractivity contribution is 6.46. The normalized spacial score (nSPS) is 13.7. The summed E-state index contributed by atoms with van der Waals surface area (Å²) in [6.45, 7) is 0. The first-order valence-corrected chi connectivity index (χ1v) is 9.15. The Kier molecular flexibility index (Phi) is 5.21. The van der Waals surface area contributed by atoms with Crippen molar-refractivity contribution < 1.29 is 27.5 Å². The summed E-state index contributed by atoms with van der Waals surface area (Å²) < 4.78 is 46.4. The number of imide groups is 1. The van der Waals surface area contributed by atoms with Gasteiger partial charge in [0.2, 0.25) is 0 Å². The maximum absolute atomic E-state index is 14.4. The SMILES string of the molecule is COc1ccccc1C1=C(Nc2ccc(F)cc2)C(=O)N(c2ccc(F)cc2F)C1=O. The zero-order valence-electron chi connectivity index (χ0n) is 16.2. The summed E-state index contributed by atoms with van der Waals surface area (Å²) >= 11 is 0. The lowest BCUT2D eigenvalue weighted by Crippen LogP contribution is -2.33. The van der Waals surface area contributed by atoms with Crippen LogP contribution in [0.3, 0.4) is 0 Å². The number of methoxy groups -OCH3 is 1. The van der Waals surface area contributed by atoms with Crippen molar-refractivity contribution in [3.8, 4) is 5.75 Å². The predicted octanol–water partition coefficient (Wildman–Crippen LogP) is 4.51. The third kappa shape index (κ3) is 3.63. The van der Waals surface area contributed by atoms with Gasteiger partial charge in [0.05, 0.1) is 18.4 Å². The van der Waals surface area contributed by atoms with E-state index in [1.807, 2.05) is 0 Å². The van der Waals surface area contributed by atoms with Crippen LogP contribution in [0.5, 0.6) is 5.75 Å². The molecule has 4 rings (SSSR count). The largest absolute Gasteiger partial charge is 0.496 e. The van der Waals surface area contributed by atoms with Gasteiger partial charge in [-0.05, 0) is 42.5 Å². The number of carbonyl (C=O) groups is 2. The van der Waals surface area contributed by atoms with Crippen molar-refractivity contribution in [2.24, 2.45) is 0 Å². The van der Waals surface area contributed by atoms with E-state index >= 15 is 0 Å². The first kappa shape index (κ1) is 20.2.